The Labute approximate surface area is 245 Å². The Bertz CT molecular complexity index is 1780. The van der Waals surface area contributed by atoms with E-state index in [1.54, 1.807) is 14.2 Å². The van der Waals surface area contributed by atoms with E-state index in [0.29, 0.717) is 37.1 Å². The molecule has 0 aliphatic heterocycles. The minimum absolute atomic E-state index is 0.368. The molecule has 6 aromatic carbocycles. The molecule has 42 heavy (non-hydrogen) atoms. The van der Waals surface area contributed by atoms with Crippen LogP contribution in [0.15, 0.2) is 121 Å². The first-order chi connectivity index (χ1) is 20.7. The fraction of sp³-hybridized carbons (Fsp3) is 0.135. The van der Waals surface area contributed by atoms with Crippen LogP contribution in [0.1, 0.15) is 16.7 Å². The summed E-state index contributed by atoms with van der Waals surface area (Å²) in [5.41, 5.74) is 3.22. The van der Waals surface area contributed by atoms with Gasteiger partial charge in [-0.05, 0) is 46.3 Å². The Kier molecular flexibility index (Phi) is 8.09. The van der Waals surface area contributed by atoms with Crippen molar-refractivity contribution in [3.05, 3.63) is 138 Å². The van der Waals surface area contributed by atoms with Crippen LogP contribution in [0.25, 0.3) is 21.5 Å². The summed E-state index contributed by atoms with van der Waals surface area (Å²) in [6.45, 7) is 1.24. The van der Waals surface area contributed by atoms with Crippen LogP contribution < -0.4 is 23.7 Å². The van der Waals surface area contributed by atoms with Crippen molar-refractivity contribution in [2.45, 2.75) is 19.8 Å². The Morgan fingerprint density at radius 2 is 0.952 bits per heavy atom. The van der Waals surface area contributed by atoms with Gasteiger partial charge in [0.25, 0.3) is 0 Å². The smallest absolute Gasteiger partial charge is 0.204 e. The summed E-state index contributed by atoms with van der Waals surface area (Å²) in [6.07, 6.45) is 0. The van der Waals surface area contributed by atoms with Crippen molar-refractivity contribution in [3.8, 4) is 28.7 Å². The van der Waals surface area contributed by atoms with E-state index in [9.17, 15) is 0 Å². The summed E-state index contributed by atoms with van der Waals surface area (Å²) in [5, 5.41) is 3.61. The normalized spacial score (nSPS) is 10.9. The van der Waals surface area contributed by atoms with Gasteiger partial charge < -0.3 is 23.7 Å². The molecule has 0 amide bonds. The van der Waals surface area contributed by atoms with Gasteiger partial charge in [-0.3, -0.25) is 0 Å². The van der Waals surface area contributed by atoms with E-state index >= 15 is 0 Å². The summed E-state index contributed by atoms with van der Waals surface area (Å²) >= 11 is 0. The molecule has 5 nitrogen and oxygen atoms in total. The maximum atomic E-state index is 6.47. The predicted octanol–water partition coefficient (Wildman–Crippen LogP) is 8.75. The maximum Gasteiger partial charge on any atom is 0.204 e. The van der Waals surface area contributed by atoms with Crippen LogP contribution in [0.4, 0.5) is 0 Å². The molecule has 0 unspecified atom stereocenters. The van der Waals surface area contributed by atoms with E-state index in [4.69, 9.17) is 23.7 Å². The number of ether oxygens (including phenoxy) is 5. The lowest BCUT2D eigenvalue weighted by molar-refractivity contribution is 0.267. The Morgan fingerprint density at radius 1 is 0.429 bits per heavy atom. The lowest BCUT2D eigenvalue weighted by Gasteiger charge is -2.20. The zero-order chi connectivity index (χ0) is 28.7. The molecule has 0 N–H and O–H groups in total. The van der Waals surface area contributed by atoms with Gasteiger partial charge in [0.1, 0.15) is 31.3 Å². The van der Waals surface area contributed by atoms with E-state index in [1.165, 1.54) is 0 Å². The average molecular weight is 557 g/mol. The summed E-state index contributed by atoms with van der Waals surface area (Å²) in [5.74, 6) is 3.19. The topological polar surface area (TPSA) is 46.2 Å². The summed E-state index contributed by atoms with van der Waals surface area (Å²) in [7, 11) is 3.30. The lowest BCUT2D eigenvalue weighted by atomic mass is 9.98. The van der Waals surface area contributed by atoms with Gasteiger partial charge in [-0.2, -0.15) is 0 Å². The predicted molar refractivity (Wildman–Crippen MR) is 167 cm³/mol. The van der Waals surface area contributed by atoms with E-state index in [-0.39, 0.29) is 0 Å². The number of hydrogen-bond donors (Lipinski definition) is 0. The molecule has 0 saturated carbocycles. The van der Waals surface area contributed by atoms with Crippen molar-refractivity contribution in [2.75, 3.05) is 14.2 Å². The van der Waals surface area contributed by atoms with Crippen LogP contribution in [0.3, 0.4) is 0 Å². The molecule has 0 aliphatic rings. The molecular weight excluding hydrogens is 524 g/mol. The van der Waals surface area contributed by atoms with Gasteiger partial charge in [0.15, 0.2) is 11.5 Å². The number of fused-ring (bicyclic) bond motifs is 3. The zero-order valence-corrected chi connectivity index (χ0v) is 23.7. The molecule has 6 aromatic rings. The first kappa shape index (κ1) is 27.0. The quantitative estimate of drug-likeness (QED) is 0.149. The molecule has 0 bridgehead atoms. The maximum absolute atomic E-state index is 6.47. The van der Waals surface area contributed by atoms with Gasteiger partial charge in [0.05, 0.1) is 14.2 Å². The minimum atomic E-state index is 0.368. The third kappa shape index (κ3) is 5.68. The average Bonchev–Trinajstić information content (AvgIpc) is 3.06. The van der Waals surface area contributed by atoms with E-state index < -0.39 is 0 Å². The molecule has 0 aromatic heterocycles. The second kappa shape index (κ2) is 12.6. The molecular formula is C37H32O5. The molecule has 6 rings (SSSR count). The van der Waals surface area contributed by atoms with Gasteiger partial charge in [-0.1, -0.05) is 97.1 Å². The monoisotopic (exact) mass is 556 g/mol. The molecule has 0 atom stereocenters. The van der Waals surface area contributed by atoms with Gasteiger partial charge in [-0.25, -0.2) is 0 Å². The third-order valence-corrected chi connectivity index (χ3v) is 7.20. The minimum Gasteiger partial charge on any atom is -0.493 e. The molecule has 0 fully saturated rings. The van der Waals surface area contributed by atoms with E-state index in [1.807, 2.05) is 84.9 Å². The number of methoxy groups -OCH3 is 2. The second-order valence-corrected chi connectivity index (χ2v) is 9.91. The lowest BCUT2D eigenvalue weighted by Crippen LogP contribution is -2.02. The van der Waals surface area contributed by atoms with Crippen LogP contribution in [0, 0.1) is 0 Å². The molecule has 0 saturated heterocycles. The van der Waals surface area contributed by atoms with Crippen LogP contribution in [-0.2, 0) is 19.8 Å². The highest BCUT2D eigenvalue weighted by Gasteiger charge is 2.22. The Morgan fingerprint density at radius 3 is 1.50 bits per heavy atom. The highest BCUT2D eigenvalue weighted by molar-refractivity contribution is 6.16. The fourth-order valence-electron chi connectivity index (χ4n) is 5.13. The summed E-state index contributed by atoms with van der Waals surface area (Å²) in [4.78, 5) is 0. The zero-order valence-electron chi connectivity index (χ0n) is 23.7. The molecule has 0 heterocycles. The Balaban J connectivity index is 1.50. The van der Waals surface area contributed by atoms with Gasteiger partial charge >= 0.3 is 0 Å². The highest BCUT2D eigenvalue weighted by atomic mass is 16.5. The standard InChI is InChI=1S/C37H32O5/c1-38-33-22-29-18-19-30-31(40-23-26-12-6-3-7-13-26)20-21-32(41-24-27-14-8-4-9-15-27)35(30)34(29)37(39-2)36(33)42-25-28-16-10-5-11-17-28/h3-22H,23-25H2,1-2H3. The van der Waals surface area contributed by atoms with Crippen LogP contribution >= 0.6 is 0 Å². The summed E-state index contributed by atoms with van der Waals surface area (Å²) in [6, 6.07) is 40.4. The SMILES string of the molecule is COc1cc2ccc3c(OCc4ccccc4)ccc(OCc4ccccc4)c3c2c(OC)c1OCc1ccccc1. The van der Waals surface area contributed by atoms with Crippen molar-refractivity contribution in [1.82, 2.24) is 0 Å². The van der Waals surface area contributed by atoms with Gasteiger partial charge in [0, 0.05) is 16.2 Å². The van der Waals surface area contributed by atoms with Crippen molar-refractivity contribution >= 4 is 21.5 Å². The van der Waals surface area contributed by atoms with Crippen LogP contribution in [0.5, 0.6) is 28.7 Å². The van der Waals surface area contributed by atoms with Crippen LogP contribution in [-0.4, -0.2) is 14.2 Å². The highest BCUT2D eigenvalue weighted by Crippen LogP contribution is 2.49. The molecule has 0 spiro atoms. The molecule has 0 aliphatic carbocycles. The largest absolute Gasteiger partial charge is 0.493 e. The number of rotatable bonds is 11. The van der Waals surface area contributed by atoms with Crippen molar-refractivity contribution in [1.29, 1.82) is 0 Å². The van der Waals surface area contributed by atoms with Gasteiger partial charge in [0.2, 0.25) is 5.75 Å². The molecule has 0 radical (unpaired) electrons. The molecule has 5 heteroatoms. The first-order valence-electron chi connectivity index (χ1n) is 13.9. The number of hydrogen-bond acceptors (Lipinski definition) is 5. The second-order valence-electron chi connectivity index (χ2n) is 9.91. The van der Waals surface area contributed by atoms with Crippen molar-refractivity contribution in [3.63, 3.8) is 0 Å². The first-order valence-corrected chi connectivity index (χ1v) is 13.9. The van der Waals surface area contributed by atoms with Crippen molar-refractivity contribution < 1.29 is 23.7 Å². The van der Waals surface area contributed by atoms with Crippen LogP contribution in [0.2, 0.25) is 0 Å². The third-order valence-electron chi connectivity index (χ3n) is 7.20. The number of benzene rings is 6. The summed E-state index contributed by atoms with van der Waals surface area (Å²) < 4.78 is 31.1. The van der Waals surface area contributed by atoms with E-state index in [0.717, 1.165) is 49.7 Å². The molecule has 210 valence electrons. The van der Waals surface area contributed by atoms with E-state index in [2.05, 4.69) is 36.4 Å². The Hall–Kier alpha value is -5.16. The fourth-order valence-corrected chi connectivity index (χ4v) is 5.13. The van der Waals surface area contributed by atoms with Crippen molar-refractivity contribution in [2.24, 2.45) is 0 Å². The van der Waals surface area contributed by atoms with Gasteiger partial charge in [-0.15, -0.1) is 0 Å².